The molecule has 214 valence electrons. The van der Waals surface area contributed by atoms with E-state index in [9.17, 15) is 34.2 Å². The number of aromatic nitrogens is 2. The second-order valence-corrected chi connectivity index (χ2v) is 12.5. The van der Waals surface area contributed by atoms with Crippen molar-refractivity contribution in [1.29, 1.82) is 0 Å². The molecule has 13 nitrogen and oxygen atoms in total. The zero-order valence-electron chi connectivity index (χ0n) is 21.5. The molecule has 3 aliphatic rings. The van der Waals surface area contributed by atoms with Crippen LogP contribution in [0.15, 0.2) is 51.0 Å². The van der Waals surface area contributed by atoms with E-state index in [-0.39, 0.29) is 41.2 Å². The van der Waals surface area contributed by atoms with Crippen molar-refractivity contribution in [2.45, 2.75) is 35.5 Å². The summed E-state index contributed by atoms with van der Waals surface area (Å²) in [5.74, 6) is -2.61. The first-order valence-corrected chi connectivity index (χ1v) is 15.2. The molecule has 2 saturated heterocycles. The fourth-order valence-electron chi connectivity index (χ4n) is 4.68. The molecule has 0 radical (unpaired) electrons. The molecule has 0 spiro atoms. The summed E-state index contributed by atoms with van der Waals surface area (Å²) in [5, 5.41) is 35.2. The third kappa shape index (κ3) is 6.08. The van der Waals surface area contributed by atoms with Crippen molar-refractivity contribution in [1.82, 2.24) is 25.7 Å². The minimum absolute atomic E-state index is 0.0548. The Morgan fingerprint density at radius 1 is 1.20 bits per heavy atom. The zero-order valence-corrected chi connectivity index (χ0v) is 24.0. The molecule has 0 unspecified atom stereocenters. The Labute approximate surface area is 245 Å². The molecule has 16 heteroatoms. The lowest BCUT2D eigenvalue weighted by Crippen LogP contribution is -2.70. The molecule has 2 aromatic rings. The van der Waals surface area contributed by atoms with Crippen LogP contribution in [-0.4, -0.2) is 84.4 Å². The summed E-state index contributed by atoms with van der Waals surface area (Å²) < 4.78 is 0.461. The summed E-state index contributed by atoms with van der Waals surface area (Å²) in [5.41, 5.74) is 1.98. The lowest BCUT2D eigenvalue weighted by molar-refractivity contribution is -0.150. The second kappa shape index (κ2) is 11.9. The highest BCUT2D eigenvalue weighted by molar-refractivity contribution is 8.01. The number of carboxylic acids is 1. The van der Waals surface area contributed by atoms with Gasteiger partial charge < -0.3 is 26.2 Å². The number of nitrogens with zero attached hydrogens (tertiary/aromatic N) is 3. The van der Waals surface area contributed by atoms with Crippen molar-refractivity contribution in [3.8, 4) is 5.75 Å². The van der Waals surface area contributed by atoms with Crippen molar-refractivity contribution in [3.63, 3.8) is 0 Å². The van der Waals surface area contributed by atoms with Gasteiger partial charge in [0.1, 0.15) is 22.9 Å². The van der Waals surface area contributed by atoms with Gasteiger partial charge in [-0.25, -0.2) is 4.79 Å². The van der Waals surface area contributed by atoms with E-state index in [1.54, 1.807) is 12.1 Å². The standard InChI is InChI=1S/C25H24N6O7S3/c1-11(32)27-24-29-30-25(41-24)40-10-17(34)28-18-21(36)31-19(23(37)38)16(9-39-22(18)31)15(14-6-7-26-20(14)35)8-12-2-4-13(33)5-3-12/h2-5,18,22,33H,6-10H2,1H3,(H,26,35)(H,28,34)(H,37,38)(H,27,29,32)/t18-,22-/m1/s1. The van der Waals surface area contributed by atoms with Gasteiger partial charge in [-0.05, 0) is 41.7 Å². The number of carbonyl (C=O) groups is 5. The van der Waals surface area contributed by atoms with Gasteiger partial charge in [0.15, 0.2) is 4.34 Å². The quantitative estimate of drug-likeness (QED) is 0.117. The predicted octanol–water partition coefficient (Wildman–Crippen LogP) is 1.09. The number of nitrogens with one attached hydrogen (secondary N) is 3. The maximum atomic E-state index is 13.2. The molecular formula is C25H24N6O7S3. The molecule has 5 N–H and O–H groups in total. The number of benzene rings is 1. The number of carboxylic acid groups (broad SMARTS) is 1. The van der Waals surface area contributed by atoms with Crippen LogP contribution in [0.4, 0.5) is 5.13 Å². The number of rotatable bonds is 9. The third-order valence-corrected chi connectivity index (χ3v) is 9.74. The first-order chi connectivity index (χ1) is 19.6. The number of phenols is 1. The van der Waals surface area contributed by atoms with E-state index in [0.29, 0.717) is 39.2 Å². The van der Waals surface area contributed by atoms with Crippen LogP contribution in [0, 0.1) is 0 Å². The lowest BCUT2D eigenvalue weighted by atomic mass is 9.90. The van der Waals surface area contributed by atoms with Crippen LogP contribution in [0.5, 0.6) is 5.75 Å². The Balaban J connectivity index is 1.33. The second-order valence-electron chi connectivity index (χ2n) is 9.24. The van der Waals surface area contributed by atoms with Crippen molar-refractivity contribution < 1.29 is 34.2 Å². The number of hydrogen-bond donors (Lipinski definition) is 5. The minimum atomic E-state index is -1.30. The number of fused-ring (bicyclic) bond motifs is 1. The van der Waals surface area contributed by atoms with Gasteiger partial charge in [-0.15, -0.1) is 22.0 Å². The molecule has 1 aromatic carbocycles. The third-order valence-electron chi connectivity index (χ3n) is 6.48. The van der Waals surface area contributed by atoms with Gasteiger partial charge in [-0.2, -0.15) is 0 Å². The Kier molecular flexibility index (Phi) is 8.32. The van der Waals surface area contributed by atoms with E-state index in [1.165, 1.54) is 35.7 Å². The molecule has 4 heterocycles. The van der Waals surface area contributed by atoms with Crippen molar-refractivity contribution in [3.05, 3.63) is 52.2 Å². The summed E-state index contributed by atoms with van der Waals surface area (Å²) in [6, 6.07) is 5.52. The van der Waals surface area contributed by atoms with Crippen LogP contribution < -0.4 is 16.0 Å². The van der Waals surface area contributed by atoms with E-state index in [1.807, 2.05) is 0 Å². The largest absolute Gasteiger partial charge is 0.508 e. The van der Waals surface area contributed by atoms with Crippen molar-refractivity contribution in [2.24, 2.45) is 0 Å². The number of β-lactam (4-membered cyclic amide) rings is 1. The van der Waals surface area contributed by atoms with E-state index >= 15 is 0 Å². The SMILES string of the molecule is CC(=O)Nc1nnc(SCC(=O)N[C@@H]2C(=O)N3C(C(=O)O)=C(C(Cc4ccc(O)cc4)=C4CCNC4=O)CS[C@H]23)s1. The fraction of sp³-hybridized carbons (Fsp3) is 0.320. The maximum Gasteiger partial charge on any atom is 0.352 e. The van der Waals surface area contributed by atoms with Crippen LogP contribution >= 0.6 is 34.9 Å². The van der Waals surface area contributed by atoms with E-state index in [4.69, 9.17) is 0 Å². The molecule has 2 fully saturated rings. The van der Waals surface area contributed by atoms with Gasteiger partial charge in [0.05, 0.1) is 5.75 Å². The van der Waals surface area contributed by atoms with Gasteiger partial charge in [-0.1, -0.05) is 35.2 Å². The Hall–Kier alpha value is -3.89. The molecule has 5 rings (SSSR count). The Bertz CT molecular complexity index is 1500. The fourth-order valence-corrected chi connectivity index (χ4v) is 7.68. The highest BCUT2D eigenvalue weighted by Crippen LogP contribution is 2.44. The number of phenolic OH excluding ortho intramolecular Hbond substituents is 1. The lowest BCUT2D eigenvalue weighted by Gasteiger charge is -2.49. The summed E-state index contributed by atoms with van der Waals surface area (Å²) in [6.45, 7) is 1.77. The summed E-state index contributed by atoms with van der Waals surface area (Å²) >= 11 is 3.52. The molecule has 0 bridgehead atoms. The number of anilines is 1. The van der Waals surface area contributed by atoms with Crippen LogP contribution in [0.1, 0.15) is 18.9 Å². The molecule has 0 aliphatic carbocycles. The normalized spacial score (nSPS) is 21.1. The maximum absolute atomic E-state index is 13.2. The average molecular weight is 617 g/mol. The zero-order chi connectivity index (χ0) is 29.3. The highest BCUT2D eigenvalue weighted by Gasteiger charge is 2.54. The van der Waals surface area contributed by atoms with Crippen molar-refractivity contribution in [2.75, 3.05) is 23.4 Å². The van der Waals surface area contributed by atoms with Crippen LogP contribution in [0.2, 0.25) is 0 Å². The average Bonchev–Trinajstić information content (AvgIpc) is 3.57. The first kappa shape index (κ1) is 28.6. The Morgan fingerprint density at radius 3 is 2.61 bits per heavy atom. The molecule has 4 amide bonds. The summed E-state index contributed by atoms with van der Waals surface area (Å²) in [4.78, 5) is 63.3. The first-order valence-electron chi connectivity index (χ1n) is 12.3. The van der Waals surface area contributed by atoms with Crippen molar-refractivity contribution >= 4 is 69.6 Å². The molecular weight excluding hydrogens is 593 g/mol. The molecule has 0 saturated carbocycles. The molecule has 1 aromatic heterocycles. The van der Waals surface area contributed by atoms with E-state index in [0.717, 1.165) is 28.7 Å². The molecule has 2 atom stereocenters. The van der Waals surface area contributed by atoms with Gasteiger partial charge in [-0.3, -0.25) is 24.1 Å². The number of hydrogen-bond acceptors (Lipinski definition) is 11. The topological polar surface area (TPSA) is 191 Å². The van der Waals surface area contributed by atoms with Gasteiger partial charge in [0.25, 0.3) is 5.91 Å². The summed E-state index contributed by atoms with van der Waals surface area (Å²) in [7, 11) is 0. The van der Waals surface area contributed by atoms with Gasteiger partial charge in [0, 0.05) is 24.8 Å². The number of allylic oxidation sites excluding steroid dienone is 1. The monoisotopic (exact) mass is 616 g/mol. The van der Waals surface area contributed by atoms with Gasteiger partial charge >= 0.3 is 5.97 Å². The number of amides is 4. The van der Waals surface area contributed by atoms with Crippen LogP contribution in [0.25, 0.3) is 0 Å². The van der Waals surface area contributed by atoms with E-state index < -0.39 is 29.2 Å². The number of aliphatic carboxylic acids is 1. The van der Waals surface area contributed by atoms with Crippen LogP contribution in [0.3, 0.4) is 0 Å². The predicted molar refractivity (Wildman–Crippen MR) is 151 cm³/mol. The van der Waals surface area contributed by atoms with Crippen LogP contribution in [-0.2, 0) is 30.4 Å². The number of thioether (sulfide) groups is 2. The van der Waals surface area contributed by atoms with E-state index in [2.05, 4.69) is 26.1 Å². The summed E-state index contributed by atoms with van der Waals surface area (Å²) in [6.07, 6.45) is 0.664. The molecule has 3 aliphatic heterocycles. The minimum Gasteiger partial charge on any atom is -0.508 e. The Morgan fingerprint density at radius 2 is 1.95 bits per heavy atom. The molecule has 41 heavy (non-hydrogen) atoms. The smallest absolute Gasteiger partial charge is 0.352 e. The highest BCUT2D eigenvalue weighted by atomic mass is 32.2. The number of carbonyl (C=O) groups excluding carboxylic acids is 4. The van der Waals surface area contributed by atoms with Gasteiger partial charge in [0.2, 0.25) is 22.9 Å². The number of aromatic hydroxyl groups is 1.